The highest BCUT2D eigenvalue weighted by atomic mass is 19.1. The summed E-state index contributed by atoms with van der Waals surface area (Å²) < 4.78 is 23.8. The van der Waals surface area contributed by atoms with Gasteiger partial charge in [0, 0.05) is 18.2 Å². The molecule has 0 saturated carbocycles. The summed E-state index contributed by atoms with van der Waals surface area (Å²) in [7, 11) is 0. The van der Waals surface area contributed by atoms with E-state index in [2.05, 4.69) is 5.16 Å². The lowest BCUT2D eigenvalue weighted by Crippen LogP contribution is -2.05. The molecule has 3 aromatic rings. The number of hydrogen-bond acceptors (Lipinski definition) is 6. The van der Waals surface area contributed by atoms with E-state index in [1.54, 1.807) is 18.2 Å². The average Bonchev–Trinajstić information content (AvgIpc) is 3.09. The number of non-ortho nitro benzene ring substituents is 1. The predicted octanol–water partition coefficient (Wildman–Crippen LogP) is 3.75. The van der Waals surface area contributed by atoms with Crippen molar-refractivity contribution < 1.29 is 23.4 Å². The molecule has 2 aromatic carbocycles. The molecule has 0 fully saturated rings. The van der Waals surface area contributed by atoms with E-state index in [9.17, 15) is 19.3 Å². The number of halogens is 1. The van der Waals surface area contributed by atoms with Gasteiger partial charge >= 0.3 is 5.97 Å². The zero-order valence-corrected chi connectivity index (χ0v) is 12.7. The summed E-state index contributed by atoms with van der Waals surface area (Å²) in [5.41, 5.74) is 0.613. The van der Waals surface area contributed by atoms with Gasteiger partial charge in [0.05, 0.1) is 16.1 Å². The molecule has 0 aliphatic heterocycles. The van der Waals surface area contributed by atoms with Crippen molar-refractivity contribution in [3.63, 3.8) is 0 Å². The Morgan fingerprint density at radius 3 is 2.60 bits per heavy atom. The van der Waals surface area contributed by atoms with Crippen LogP contribution in [0.15, 0.2) is 59.1 Å². The van der Waals surface area contributed by atoms with Gasteiger partial charge in [-0.05, 0) is 24.3 Å². The van der Waals surface area contributed by atoms with Crippen LogP contribution in [0.1, 0.15) is 16.1 Å². The fourth-order valence-electron chi connectivity index (χ4n) is 2.11. The maximum Gasteiger partial charge on any atom is 0.338 e. The number of hydrogen-bond donors (Lipinski definition) is 0. The van der Waals surface area contributed by atoms with Gasteiger partial charge in [-0.2, -0.15) is 0 Å². The molecule has 7 nitrogen and oxygen atoms in total. The van der Waals surface area contributed by atoms with Gasteiger partial charge in [-0.15, -0.1) is 0 Å². The summed E-state index contributed by atoms with van der Waals surface area (Å²) in [6, 6.07) is 12.6. The number of carbonyl (C=O) groups is 1. The zero-order chi connectivity index (χ0) is 17.8. The van der Waals surface area contributed by atoms with Crippen LogP contribution in [-0.2, 0) is 11.3 Å². The Kier molecular flexibility index (Phi) is 4.51. The Bertz CT molecular complexity index is 921. The lowest BCUT2D eigenvalue weighted by atomic mass is 10.1. The first-order valence-electron chi connectivity index (χ1n) is 7.16. The third kappa shape index (κ3) is 3.69. The molecule has 1 heterocycles. The van der Waals surface area contributed by atoms with Crippen molar-refractivity contribution in [1.29, 1.82) is 0 Å². The quantitative estimate of drug-likeness (QED) is 0.398. The molecule has 3 rings (SSSR count). The number of aromatic nitrogens is 1. The number of nitro groups is 1. The summed E-state index contributed by atoms with van der Waals surface area (Å²) in [5, 5.41) is 14.3. The van der Waals surface area contributed by atoms with Gasteiger partial charge in [-0.3, -0.25) is 10.1 Å². The van der Waals surface area contributed by atoms with Gasteiger partial charge in [-0.25, -0.2) is 9.18 Å². The predicted molar refractivity (Wildman–Crippen MR) is 84.1 cm³/mol. The van der Waals surface area contributed by atoms with Crippen LogP contribution >= 0.6 is 0 Å². The fraction of sp³-hybridized carbons (Fsp3) is 0.0588. The largest absolute Gasteiger partial charge is 0.455 e. The molecule has 0 saturated heterocycles. The highest BCUT2D eigenvalue weighted by molar-refractivity contribution is 5.89. The van der Waals surface area contributed by atoms with Gasteiger partial charge in [0.25, 0.3) is 5.69 Å². The minimum Gasteiger partial charge on any atom is -0.455 e. The van der Waals surface area contributed by atoms with Gasteiger partial charge in [-0.1, -0.05) is 17.3 Å². The SMILES string of the molecule is O=C(OCc1cc(-c2ccccc2F)on1)c1ccc([N+](=O)[O-])cc1. The number of esters is 1. The first-order chi connectivity index (χ1) is 12.0. The molecule has 8 heteroatoms. The van der Waals surface area contributed by atoms with Crippen LogP contribution in [-0.4, -0.2) is 16.0 Å². The van der Waals surface area contributed by atoms with Crippen molar-refractivity contribution in [2.75, 3.05) is 0 Å². The van der Waals surface area contributed by atoms with Crippen LogP contribution in [0.2, 0.25) is 0 Å². The number of rotatable bonds is 5. The van der Waals surface area contributed by atoms with Crippen molar-refractivity contribution >= 4 is 11.7 Å². The van der Waals surface area contributed by atoms with E-state index >= 15 is 0 Å². The third-order valence-corrected chi connectivity index (χ3v) is 3.36. The number of carbonyl (C=O) groups excluding carboxylic acids is 1. The van der Waals surface area contributed by atoms with Crippen LogP contribution in [0.3, 0.4) is 0 Å². The van der Waals surface area contributed by atoms with Crippen LogP contribution < -0.4 is 0 Å². The van der Waals surface area contributed by atoms with Crippen molar-refractivity contribution in [2.24, 2.45) is 0 Å². The van der Waals surface area contributed by atoms with Crippen molar-refractivity contribution in [2.45, 2.75) is 6.61 Å². The highest BCUT2D eigenvalue weighted by Crippen LogP contribution is 2.23. The van der Waals surface area contributed by atoms with E-state index in [0.717, 1.165) is 0 Å². The Balaban J connectivity index is 1.65. The van der Waals surface area contributed by atoms with Crippen LogP contribution in [0.25, 0.3) is 11.3 Å². The summed E-state index contributed by atoms with van der Waals surface area (Å²) in [6.07, 6.45) is 0. The second-order valence-electron chi connectivity index (χ2n) is 5.04. The standard InChI is InChI=1S/C17H11FN2O5/c18-15-4-2-1-3-14(15)16-9-12(19-25-16)10-24-17(21)11-5-7-13(8-6-11)20(22)23/h1-9H,10H2. The summed E-state index contributed by atoms with van der Waals surface area (Å²) in [4.78, 5) is 21.9. The molecule has 0 radical (unpaired) electrons. The van der Waals surface area contributed by atoms with Crippen LogP contribution in [0, 0.1) is 15.9 Å². The van der Waals surface area contributed by atoms with E-state index in [4.69, 9.17) is 9.26 Å². The fourth-order valence-corrected chi connectivity index (χ4v) is 2.11. The van der Waals surface area contributed by atoms with Crippen molar-refractivity contribution in [3.8, 4) is 11.3 Å². The van der Waals surface area contributed by atoms with Crippen LogP contribution in [0.5, 0.6) is 0 Å². The molecule has 0 bridgehead atoms. The smallest absolute Gasteiger partial charge is 0.338 e. The molecular formula is C17H11FN2O5. The van der Waals surface area contributed by atoms with Gasteiger partial charge in [0.1, 0.15) is 18.1 Å². The maximum absolute atomic E-state index is 13.7. The lowest BCUT2D eigenvalue weighted by Gasteiger charge is -2.02. The van der Waals surface area contributed by atoms with Crippen molar-refractivity contribution in [3.05, 3.63) is 81.8 Å². The first-order valence-corrected chi connectivity index (χ1v) is 7.16. The topological polar surface area (TPSA) is 95.5 Å². The molecule has 0 amide bonds. The van der Waals surface area contributed by atoms with E-state index in [1.807, 2.05) is 0 Å². The summed E-state index contributed by atoms with van der Waals surface area (Å²) in [6.45, 7) is -0.173. The number of ether oxygens (including phenoxy) is 1. The first kappa shape index (κ1) is 16.3. The monoisotopic (exact) mass is 342 g/mol. The van der Waals surface area contributed by atoms with Gasteiger partial charge in [0.15, 0.2) is 5.76 Å². The van der Waals surface area contributed by atoms with Crippen molar-refractivity contribution in [1.82, 2.24) is 5.16 Å². The van der Waals surface area contributed by atoms with E-state index < -0.39 is 16.7 Å². The minimum absolute atomic E-state index is 0.123. The van der Waals surface area contributed by atoms with E-state index in [0.29, 0.717) is 5.69 Å². The maximum atomic E-state index is 13.7. The molecule has 0 N–H and O–H groups in total. The minimum atomic E-state index is -0.662. The van der Waals surface area contributed by atoms with Crippen LogP contribution in [0.4, 0.5) is 10.1 Å². The third-order valence-electron chi connectivity index (χ3n) is 3.36. The lowest BCUT2D eigenvalue weighted by molar-refractivity contribution is -0.384. The van der Waals surface area contributed by atoms with E-state index in [1.165, 1.54) is 36.4 Å². The molecular weight excluding hydrogens is 331 g/mol. The Hall–Kier alpha value is -3.55. The molecule has 0 unspecified atom stereocenters. The second kappa shape index (κ2) is 6.91. The highest BCUT2D eigenvalue weighted by Gasteiger charge is 2.14. The molecule has 0 aliphatic rings. The normalized spacial score (nSPS) is 10.4. The summed E-state index contributed by atoms with van der Waals surface area (Å²) in [5.74, 6) is -0.891. The number of benzene rings is 2. The average molecular weight is 342 g/mol. The second-order valence-corrected chi connectivity index (χ2v) is 5.04. The zero-order valence-electron chi connectivity index (χ0n) is 12.7. The Morgan fingerprint density at radius 1 is 1.20 bits per heavy atom. The van der Waals surface area contributed by atoms with E-state index in [-0.39, 0.29) is 29.2 Å². The summed E-state index contributed by atoms with van der Waals surface area (Å²) >= 11 is 0. The van der Waals surface area contributed by atoms with Gasteiger partial charge < -0.3 is 9.26 Å². The molecule has 0 spiro atoms. The molecule has 0 atom stereocenters. The molecule has 1 aromatic heterocycles. The Labute approximate surface area is 140 Å². The number of nitro benzene ring substituents is 1. The molecule has 126 valence electrons. The molecule has 0 aliphatic carbocycles. The molecule has 25 heavy (non-hydrogen) atoms. The Morgan fingerprint density at radius 2 is 1.92 bits per heavy atom. The number of nitrogens with zero attached hydrogens (tertiary/aromatic N) is 2. The van der Waals surface area contributed by atoms with Gasteiger partial charge in [0.2, 0.25) is 0 Å².